The molecule has 0 bridgehead atoms. The molecule has 1 unspecified atom stereocenters. The summed E-state index contributed by atoms with van der Waals surface area (Å²) in [6.45, 7) is 2.35. The van der Waals surface area contributed by atoms with Gasteiger partial charge >= 0.3 is 11.9 Å². The van der Waals surface area contributed by atoms with Crippen LogP contribution in [0.1, 0.15) is 37.7 Å². The van der Waals surface area contributed by atoms with E-state index in [9.17, 15) is 9.59 Å². The summed E-state index contributed by atoms with van der Waals surface area (Å²) in [7, 11) is 0. The molecule has 0 aliphatic carbocycles. The van der Waals surface area contributed by atoms with Gasteiger partial charge in [0.25, 0.3) is 0 Å². The van der Waals surface area contributed by atoms with Crippen molar-refractivity contribution in [1.82, 2.24) is 0 Å². The van der Waals surface area contributed by atoms with Crippen LogP contribution in [0, 0.1) is 0 Å². The molecule has 0 aliphatic rings. The third-order valence-corrected chi connectivity index (χ3v) is 2.61. The fraction of sp³-hybridized carbons (Fsp3) is 0.429. The first kappa shape index (κ1) is 14.2. The Bertz CT molecular complexity index is 386. The third-order valence-electron chi connectivity index (χ3n) is 2.61. The molecule has 0 amide bonds. The zero-order valence-corrected chi connectivity index (χ0v) is 10.5. The minimum Gasteiger partial charge on any atom is -0.481 e. The second kappa shape index (κ2) is 7.48. The number of hydrogen-bond acceptors (Lipinski definition) is 3. The van der Waals surface area contributed by atoms with Crippen molar-refractivity contribution in [2.24, 2.45) is 0 Å². The van der Waals surface area contributed by atoms with E-state index in [2.05, 4.69) is 0 Å². The molecule has 1 N–H and O–H groups in total. The molecule has 0 spiro atoms. The van der Waals surface area contributed by atoms with Gasteiger partial charge in [0.05, 0.1) is 18.9 Å². The molecule has 0 aromatic heterocycles. The fourth-order valence-electron chi connectivity index (χ4n) is 1.61. The highest BCUT2D eigenvalue weighted by molar-refractivity contribution is 5.83. The predicted molar refractivity (Wildman–Crippen MR) is 67.3 cm³/mol. The summed E-state index contributed by atoms with van der Waals surface area (Å²) >= 11 is 0. The Morgan fingerprint density at radius 1 is 1.28 bits per heavy atom. The summed E-state index contributed by atoms with van der Waals surface area (Å²) in [5.74, 6) is -2.19. The maximum absolute atomic E-state index is 11.9. The second-order valence-corrected chi connectivity index (χ2v) is 4.08. The standard InChI is InChI=1S/C14H18O4/c1-2-3-9-18-14(17)12(10-13(15)16)11-7-5-4-6-8-11/h4-8,12H,2-3,9-10H2,1H3,(H,15,16). The molecule has 1 aromatic carbocycles. The highest BCUT2D eigenvalue weighted by Gasteiger charge is 2.24. The average Bonchev–Trinajstić information content (AvgIpc) is 2.37. The van der Waals surface area contributed by atoms with E-state index in [4.69, 9.17) is 9.84 Å². The highest BCUT2D eigenvalue weighted by atomic mass is 16.5. The molecule has 0 heterocycles. The van der Waals surface area contributed by atoms with Crippen molar-refractivity contribution < 1.29 is 19.4 Å². The van der Waals surface area contributed by atoms with E-state index in [1.54, 1.807) is 24.3 Å². The van der Waals surface area contributed by atoms with Gasteiger partial charge in [0.1, 0.15) is 0 Å². The van der Waals surface area contributed by atoms with Gasteiger partial charge in [-0.3, -0.25) is 9.59 Å². The largest absolute Gasteiger partial charge is 0.481 e. The maximum Gasteiger partial charge on any atom is 0.314 e. The third kappa shape index (κ3) is 4.57. The number of unbranched alkanes of at least 4 members (excludes halogenated alkanes) is 1. The van der Waals surface area contributed by atoms with Gasteiger partial charge in [-0.15, -0.1) is 0 Å². The molecular weight excluding hydrogens is 232 g/mol. The quantitative estimate of drug-likeness (QED) is 0.596. The van der Waals surface area contributed by atoms with E-state index in [1.807, 2.05) is 13.0 Å². The first-order valence-corrected chi connectivity index (χ1v) is 6.08. The summed E-state index contributed by atoms with van der Waals surface area (Å²) in [4.78, 5) is 22.7. The lowest BCUT2D eigenvalue weighted by molar-refractivity contribution is -0.149. The molecule has 0 saturated heterocycles. The van der Waals surface area contributed by atoms with Gasteiger partial charge in [0.15, 0.2) is 0 Å². The van der Waals surface area contributed by atoms with Crippen LogP contribution in [0.25, 0.3) is 0 Å². The maximum atomic E-state index is 11.9. The number of carbonyl (C=O) groups is 2. The van der Waals surface area contributed by atoms with Crippen molar-refractivity contribution in [1.29, 1.82) is 0 Å². The van der Waals surface area contributed by atoms with Gasteiger partial charge in [-0.2, -0.15) is 0 Å². The molecule has 0 fully saturated rings. The molecule has 1 atom stereocenters. The first-order valence-electron chi connectivity index (χ1n) is 6.08. The lowest BCUT2D eigenvalue weighted by Gasteiger charge is -2.14. The summed E-state index contributed by atoms with van der Waals surface area (Å²) in [6.07, 6.45) is 1.48. The number of esters is 1. The monoisotopic (exact) mass is 250 g/mol. The lowest BCUT2D eigenvalue weighted by Crippen LogP contribution is -2.19. The Kier molecular flexibility index (Phi) is 5.91. The molecular formula is C14H18O4. The van der Waals surface area contributed by atoms with Crippen LogP contribution in [0.15, 0.2) is 30.3 Å². The van der Waals surface area contributed by atoms with Crippen molar-refractivity contribution >= 4 is 11.9 Å². The Balaban J connectivity index is 2.72. The molecule has 4 nitrogen and oxygen atoms in total. The Hall–Kier alpha value is -1.84. The van der Waals surface area contributed by atoms with Gasteiger partial charge in [-0.1, -0.05) is 43.7 Å². The van der Waals surface area contributed by atoms with Crippen molar-refractivity contribution in [3.05, 3.63) is 35.9 Å². The molecule has 1 aromatic rings. The topological polar surface area (TPSA) is 63.6 Å². The molecule has 4 heteroatoms. The van der Waals surface area contributed by atoms with Crippen molar-refractivity contribution in [2.45, 2.75) is 32.1 Å². The number of carbonyl (C=O) groups excluding carboxylic acids is 1. The molecule has 98 valence electrons. The van der Waals surface area contributed by atoms with Crippen LogP contribution in [0.2, 0.25) is 0 Å². The van der Waals surface area contributed by atoms with Crippen LogP contribution in [-0.2, 0) is 14.3 Å². The van der Waals surface area contributed by atoms with E-state index in [1.165, 1.54) is 0 Å². The zero-order valence-electron chi connectivity index (χ0n) is 10.5. The van der Waals surface area contributed by atoms with E-state index in [0.29, 0.717) is 12.2 Å². The molecule has 1 rings (SSSR count). The molecule has 0 saturated carbocycles. The van der Waals surface area contributed by atoms with Crippen molar-refractivity contribution in [3.63, 3.8) is 0 Å². The normalized spacial score (nSPS) is 11.8. The van der Waals surface area contributed by atoms with Crippen molar-refractivity contribution in [2.75, 3.05) is 6.61 Å². The summed E-state index contributed by atoms with van der Waals surface area (Å²) in [6, 6.07) is 8.88. The number of rotatable bonds is 7. The number of carboxylic acid groups (broad SMARTS) is 1. The van der Waals surface area contributed by atoms with Gasteiger partial charge < -0.3 is 9.84 Å². The van der Waals surface area contributed by atoms with Gasteiger partial charge in [-0.25, -0.2) is 0 Å². The number of carboxylic acids is 1. The minimum atomic E-state index is -1.00. The van der Waals surface area contributed by atoms with Crippen LogP contribution >= 0.6 is 0 Å². The SMILES string of the molecule is CCCCOC(=O)C(CC(=O)O)c1ccccc1. The predicted octanol–water partition coefficient (Wildman–Crippen LogP) is 2.59. The number of hydrogen-bond donors (Lipinski definition) is 1. The first-order chi connectivity index (χ1) is 8.65. The molecule has 0 aliphatic heterocycles. The van der Waals surface area contributed by atoms with Crippen LogP contribution in [0.5, 0.6) is 0 Å². The Labute approximate surface area is 107 Å². The molecule has 0 radical (unpaired) electrons. The van der Waals surface area contributed by atoms with E-state index in [-0.39, 0.29) is 6.42 Å². The fourth-order valence-corrected chi connectivity index (χ4v) is 1.61. The Morgan fingerprint density at radius 2 is 1.94 bits per heavy atom. The second-order valence-electron chi connectivity index (χ2n) is 4.08. The Morgan fingerprint density at radius 3 is 2.50 bits per heavy atom. The number of ether oxygens (including phenoxy) is 1. The van der Waals surface area contributed by atoms with Gasteiger partial charge in [0, 0.05) is 0 Å². The van der Waals surface area contributed by atoms with Crippen LogP contribution in [0.4, 0.5) is 0 Å². The summed E-state index contributed by atoms with van der Waals surface area (Å²) in [5.41, 5.74) is 0.682. The summed E-state index contributed by atoms with van der Waals surface area (Å²) < 4.78 is 5.10. The van der Waals surface area contributed by atoms with Crippen LogP contribution in [-0.4, -0.2) is 23.7 Å². The van der Waals surface area contributed by atoms with Gasteiger partial charge in [-0.05, 0) is 12.0 Å². The average molecular weight is 250 g/mol. The highest BCUT2D eigenvalue weighted by Crippen LogP contribution is 2.21. The molecule has 18 heavy (non-hydrogen) atoms. The zero-order chi connectivity index (χ0) is 13.4. The lowest BCUT2D eigenvalue weighted by atomic mass is 9.96. The smallest absolute Gasteiger partial charge is 0.314 e. The number of benzene rings is 1. The minimum absolute atomic E-state index is 0.241. The summed E-state index contributed by atoms with van der Waals surface area (Å²) in [5, 5.41) is 8.86. The van der Waals surface area contributed by atoms with Gasteiger partial charge in [0.2, 0.25) is 0 Å². The number of aliphatic carboxylic acids is 1. The van der Waals surface area contributed by atoms with E-state index in [0.717, 1.165) is 12.8 Å². The van der Waals surface area contributed by atoms with E-state index < -0.39 is 17.9 Å². The van der Waals surface area contributed by atoms with Crippen molar-refractivity contribution in [3.8, 4) is 0 Å². The van der Waals surface area contributed by atoms with E-state index >= 15 is 0 Å². The van der Waals surface area contributed by atoms with Crippen LogP contribution in [0.3, 0.4) is 0 Å². The van der Waals surface area contributed by atoms with Crippen LogP contribution < -0.4 is 0 Å².